The number of anilines is 2. The molecule has 2 amide bonds. The minimum absolute atomic E-state index is 0.250. The molecule has 0 fully saturated rings. The zero-order chi connectivity index (χ0) is 22.7. The first-order valence-electron chi connectivity index (χ1n) is 9.27. The number of nitrogens with two attached hydrogens (primary N) is 1. The van der Waals surface area contributed by atoms with Gasteiger partial charge in [0.2, 0.25) is 6.41 Å². The minimum atomic E-state index is -0.519. The lowest BCUT2D eigenvalue weighted by Gasteiger charge is -2.19. The molecule has 0 atom stereocenters. The molecule has 0 aliphatic heterocycles. The van der Waals surface area contributed by atoms with E-state index in [9.17, 15) is 9.59 Å². The number of primary amides is 1. The average Bonchev–Trinajstić information content (AvgIpc) is 2.68. The smallest absolute Gasteiger partial charge is 0.407 e. The maximum atomic E-state index is 11.8. The molecule has 0 unspecified atom stereocenters. The molecule has 0 heterocycles. The molecular formula is C22H29N3O5. The number of carbonyl (C=O) groups excluding carboxylic acids is 3. The third-order valence-corrected chi connectivity index (χ3v) is 3.81. The van der Waals surface area contributed by atoms with E-state index in [0.717, 1.165) is 22.5 Å². The molecule has 0 radical (unpaired) electrons. The summed E-state index contributed by atoms with van der Waals surface area (Å²) in [7, 11) is 1.37. The highest BCUT2D eigenvalue weighted by molar-refractivity contribution is 5.93. The van der Waals surface area contributed by atoms with Crippen LogP contribution >= 0.6 is 0 Å². The van der Waals surface area contributed by atoms with Crippen molar-refractivity contribution in [2.24, 2.45) is 5.73 Å². The molecule has 0 aromatic heterocycles. The summed E-state index contributed by atoms with van der Waals surface area (Å²) in [6, 6.07) is 13.1. The number of nitrogens with one attached hydrogen (secondary N) is 2. The van der Waals surface area contributed by atoms with Crippen LogP contribution in [0.5, 0.6) is 0 Å². The van der Waals surface area contributed by atoms with Gasteiger partial charge in [-0.25, -0.2) is 9.59 Å². The Morgan fingerprint density at radius 2 is 1.70 bits per heavy atom. The van der Waals surface area contributed by atoms with E-state index in [1.807, 2.05) is 58.0 Å². The fourth-order valence-corrected chi connectivity index (χ4v) is 2.45. The van der Waals surface area contributed by atoms with Crippen molar-refractivity contribution in [3.05, 3.63) is 59.2 Å². The summed E-state index contributed by atoms with van der Waals surface area (Å²) in [6.45, 7) is 7.72. The molecule has 0 aliphatic carbocycles. The Morgan fingerprint density at radius 3 is 2.23 bits per heavy atom. The van der Waals surface area contributed by atoms with Crippen LogP contribution in [0, 0.1) is 6.92 Å². The summed E-state index contributed by atoms with van der Waals surface area (Å²) >= 11 is 0. The number of carbonyl (C=O) groups is 3. The Bertz CT molecular complexity index is 858. The molecule has 162 valence electrons. The van der Waals surface area contributed by atoms with E-state index in [0.29, 0.717) is 12.1 Å². The summed E-state index contributed by atoms with van der Waals surface area (Å²) in [4.78, 5) is 32.1. The van der Waals surface area contributed by atoms with Crippen LogP contribution in [0.25, 0.3) is 0 Å². The predicted molar refractivity (Wildman–Crippen MR) is 116 cm³/mol. The number of hydrogen-bond acceptors (Lipinski definition) is 6. The highest BCUT2D eigenvalue weighted by Crippen LogP contribution is 2.24. The van der Waals surface area contributed by atoms with Crippen LogP contribution in [0.3, 0.4) is 0 Å². The Hall–Kier alpha value is -3.55. The highest BCUT2D eigenvalue weighted by Gasteiger charge is 2.15. The topological polar surface area (TPSA) is 120 Å². The number of amides is 2. The average molecular weight is 415 g/mol. The number of rotatable bonds is 5. The number of hydrogen-bond donors (Lipinski definition) is 3. The van der Waals surface area contributed by atoms with Crippen LogP contribution in [0.2, 0.25) is 0 Å². The first-order valence-corrected chi connectivity index (χ1v) is 9.27. The molecule has 2 rings (SSSR count). The van der Waals surface area contributed by atoms with Crippen molar-refractivity contribution >= 4 is 29.8 Å². The van der Waals surface area contributed by atoms with Gasteiger partial charge in [0.1, 0.15) is 5.60 Å². The number of esters is 1. The van der Waals surface area contributed by atoms with Crippen molar-refractivity contribution in [1.82, 2.24) is 5.32 Å². The largest absolute Gasteiger partial charge is 0.465 e. The van der Waals surface area contributed by atoms with Crippen LogP contribution in [0.4, 0.5) is 16.2 Å². The zero-order valence-electron chi connectivity index (χ0n) is 17.9. The molecule has 4 N–H and O–H groups in total. The maximum absolute atomic E-state index is 11.8. The summed E-state index contributed by atoms with van der Waals surface area (Å²) in [5.41, 5.74) is 7.65. The SMILES string of the molecule is COC(=O)c1cccc(Nc2ccc(CNC(=O)OC(C)(C)C)cc2)c1C.NC=O. The Labute approximate surface area is 176 Å². The third-order valence-electron chi connectivity index (χ3n) is 3.81. The molecule has 2 aromatic rings. The molecule has 30 heavy (non-hydrogen) atoms. The third kappa shape index (κ3) is 8.22. The number of benzene rings is 2. The van der Waals surface area contributed by atoms with Crippen molar-refractivity contribution in [3.63, 3.8) is 0 Å². The second kappa shape index (κ2) is 11.5. The van der Waals surface area contributed by atoms with Gasteiger partial charge in [-0.15, -0.1) is 0 Å². The molecule has 0 saturated heterocycles. The first kappa shape index (κ1) is 24.5. The van der Waals surface area contributed by atoms with Gasteiger partial charge < -0.3 is 25.8 Å². The van der Waals surface area contributed by atoms with Crippen molar-refractivity contribution in [3.8, 4) is 0 Å². The van der Waals surface area contributed by atoms with Gasteiger partial charge in [-0.2, -0.15) is 0 Å². The van der Waals surface area contributed by atoms with Crippen LogP contribution in [-0.2, 0) is 20.8 Å². The van der Waals surface area contributed by atoms with E-state index in [-0.39, 0.29) is 12.4 Å². The monoisotopic (exact) mass is 415 g/mol. The van der Waals surface area contributed by atoms with E-state index in [4.69, 9.17) is 14.3 Å². The normalized spacial score (nSPS) is 10.2. The van der Waals surface area contributed by atoms with Gasteiger partial charge in [0.05, 0.1) is 12.7 Å². The lowest BCUT2D eigenvalue weighted by atomic mass is 10.1. The van der Waals surface area contributed by atoms with Crippen LogP contribution < -0.4 is 16.4 Å². The van der Waals surface area contributed by atoms with Gasteiger partial charge in [-0.05, 0) is 63.1 Å². The van der Waals surface area contributed by atoms with Gasteiger partial charge in [-0.1, -0.05) is 18.2 Å². The Balaban J connectivity index is 0.00000141. The quantitative estimate of drug-likeness (QED) is 0.506. The van der Waals surface area contributed by atoms with Gasteiger partial charge in [0.15, 0.2) is 0 Å². The van der Waals surface area contributed by atoms with E-state index in [1.54, 1.807) is 12.1 Å². The van der Waals surface area contributed by atoms with E-state index >= 15 is 0 Å². The van der Waals surface area contributed by atoms with E-state index in [1.165, 1.54) is 7.11 Å². The molecule has 0 bridgehead atoms. The van der Waals surface area contributed by atoms with Crippen LogP contribution in [0.15, 0.2) is 42.5 Å². The molecule has 8 nitrogen and oxygen atoms in total. The van der Waals surface area contributed by atoms with Crippen molar-refractivity contribution in [1.29, 1.82) is 0 Å². The van der Waals surface area contributed by atoms with Gasteiger partial charge in [0, 0.05) is 17.9 Å². The molecular weight excluding hydrogens is 386 g/mol. The fraction of sp³-hybridized carbons (Fsp3) is 0.318. The molecule has 2 aromatic carbocycles. The van der Waals surface area contributed by atoms with Gasteiger partial charge >= 0.3 is 12.1 Å². The van der Waals surface area contributed by atoms with E-state index in [2.05, 4.69) is 16.4 Å². The van der Waals surface area contributed by atoms with Crippen molar-refractivity contribution < 1.29 is 23.9 Å². The fourth-order valence-electron chi connectivity index (χ4n) is 2.45. The molecule has 0 saturated carbocycles. The number of ether oxygens (including phenoxy) is 2. The predicted octanol–water partition coefficient (Wildman–Crippen LogP) is 3.65. The molecule has 0 aliphatic rings. The van der Waals surface area contributed by atoms with Gasteiger partial charge in [0.25, 0.3) is 0 Å². The van der Waals surface area contributed by atoms with Crippen LogP contribution in [0.1, 0.15) is 42.3 Å². The van der Waals surface area contributed by atoms with Crippen LogP contribution in [-0.4, -0.2) is 31.2 Å². The minimum Gasteiger partial charge on any atom is -0.465 e. The van der Waals surface area contributed by atoms with E-state index < -0.39 is 11.7 Å². The summed E-state index contributed by atoms with van der Waals surface area (Å²) < 4.78 is 10.0. The molecule has 0 spiro atoms. The molecule has 8 heteroatoms. The first-order chi connectivity index (χ1) is 14.1. The van der Waals surface area contributed by atoms with Crippen molar-refractivity contribution in [2.45, 2.75) is 39.8 Å². The second-order valence-corrected chi connectivity index (χ2v) is 7.28. The lowest BCUT2D eigenvalue weighted by molar-refractivity contribution is -0.106. The zero-order valence-corrected chi connectivity index (χ0v) is 17.9. The lowest BCUT2D eigenvalue weighted by Crippen LogP contribution is -2.32. The highest BCUT2D eigenvalue weighted by atomic mass is 16.6. The Morgan fingerprint density at radius 1 is 1.10 bits per heavy atom. The Kier molecular flexibility index (Phi) is 9.35. The summed E-state index contributed by atoms with van der Waals surface area (Å²) in [5.74, 6) is -0.361. The number of methoxy groups -OCH3 is 1. The summed E-state index contributed by atoms with van der Waals surface area (Å²) in [6.07, 6.45) is -0.194. The summed E-state index contributed by atoms with van der Waals surface area (Å²) in [5, 5.41) is 6.02. The van der Waals surface area contributed by atoms with Crippen molar-refractivity contribution in [2.75, 3.05) is 12.4 Å². The standard InChI is InChI=1S/C21H26N2O4.CH3NO/c1-14-17(19(24)26-5)7-6-8-18(14)23-16-11-9-15(10-12-16)13-22-20(25)27-21(2,3)4;2-1-3/h6-12,23H,13H2,1-5H3,(H,22,25);1H,(H2,2,3). The van der Waals surface area contributed by atoms with Gasteiger partial charge in [-0.3, -0.25) is 4.79 Å². The maximum Gasteiger partial charge on any atom is 0.407 e. The number of alkyl carbamates (subject to hydrolysis) is 1. The second-order valence-electron chi connectivity index (χ2n) is 7.28.